The summed E-state index contributed by atoms with van der Waals surface area (Å²) in [5, 5.41) is 8.34. The number of hydrogen-bond donors (Lipinski definition) is 2. The summed E-state index contributed by atoms with van der Waals surface area (Å²) in [5.74, 6) is -51.1. The van der Waals surface area contributed by atoms with Crippen LogP contribution in [0.2, 0.25) is 0 Å². The molecule has 0 spiro atoms. The van der Waals surface area contributed by atoms with Gasteiger partial charge in [-0.15, -0.1) is 0 Å². The smallest absolute Gasteiger partial charge is 0.252 e. The Labute approximate surface area is 688 Å². The molecule has 0 radical (unpaired) electrons. The fraction of sp³-hybridized carbons (Fsp3) is 0.204. The van der Waals surface area contributed by atoms with E-state index in [-0.39, 0.29) is 67.1 Å². The SMILES string of the molecule is CC(C)(C)c1cc(-c2cc3c(c(-c4c(-c5c(F)c(F)c(F)c(F)c5F)cccc4-c4c(F)c(F)c(F)c(F)c4F)c2)Nc2cc(-n4c5ccccc5c5cc(C(C)(C)C)ccc54)cc4c2B3c2cc(-c3cc(C(C)(C)C)cc(C(C)(C)C)c3)cc(-c3c(-c5c(F)c(F)c(F)c(F)c5F)cccc3-c3c(F)c(F)c(F)c(F)c3F)c2N4)cc(C(C)(C)C)c1. The highest BCUT2D eigenvalue weighted by Crippen LogP contribution is 2.54. The monoisotopic (exact) mass is 1680 g/mol. The van der Waals surface area contributed by atoms with Crippen LogP contribution in [-0.4, -0.2) is 11.3 Å². The lowest BCUT2D eigenvalue weighted by atomic mass is 9.33. The van der Waals surface area contributed by atoms with E-state index in [0.29, 0.717) is 44.1 Å². The Balaban J connectivity index is 1.17. The standard InChI is InChI=1S/C98H72BF20N3/c1-94(2,3)45-26-27-64-56(38-45)51-20-16-17-25-63(51)122(64)50-39-61-71-62(40-50)121-93-58(66-54(69-76(104)84(112)90(118)85(113)77(69)105)23-19-24-55(66)70-78(106)86(114)91(119)87(115)79(70)107)33-44(42-30-48(97(10,11)12)37-49(31-42)98(13,14)15)35-60(93)99(71)59-34-43(41-28-46(95(4,5)6)36-47(29-41)96(7,8)9)32-57(92(59)120-61)65-52(67-72(100)80(108)88(116)81(109)73(67)101)21-18-22-53(65)68-74(102)82(110)89(117)83(111)75(68)103/h16-40,120-121H,1-15H3. The summed E-state index contributed by atoms with van der Waals surface area (Å²) in [6.07, 6.45) is 0. The maximum Gasteiger partial charge on any atom is 0.252 e. The van der Waals surface area contributed by atoms with Gasteiger partial charge in [0.1, 0.15) is 0 Å². The lowest BCUT2D eigenvalue weighted by Crippen LogP contribution is -2.59. The minimum Gasteiger partial charge on any atom is -0.356 e. The van der Waals surface area contributed by atoms with Crippen LogP contribution < -0.4 is 27.0 Å². The van der Waals surface area contributed by atoms with Crippen LogP contribution in [0, 0.1) is 116 Å². The summed E-state index contributed by atoms with van der Waals surface area (Å²) in [6.45, 7) is 27.0. The molecule has 0 saturated carbocycles. The minimum atomic E-state index is -2.66. The Hall–Kier alpha value is -12.1. The zero-order valence-electron chi connectivity index (χ0n) is 68.0. The maximum atomic E-state index is 17.4. The average Bonchev–Trinajstić information content (AvgIpc) is 0.867. The van der Waals surface area contributed by atoms with Crippen LogP contribution in [-0.2, 0) is 27.1 Å². The van der Waals surface area contributed by atoms with E-state index in [4.69, 9.17) is 0 Å². The van der Waals surface area contributed by atoms with E-state index in [0.717, 1.165) is 42.0 Å². The molecule has 1 aromatic heterocycles. The third-order valence-corrected chi connectivity index (χ3v) is 23.3. The molecule has 0 saturated heterocycles. The van der Waals surface area contributed by atoms with Crippen LogP contribution in [0.25, 0.3) is 117 Å². The fourth-order valence-electron chi connectivity index (χ4n) is 16.7. The lowest BCUT2D eigenvalue weighted by Gasteiger charge is -2.38. The Morgan fingerprint density at radius 2 is 0.516 bits per heavy atom. The second kappa shape index (κ2) is 28.8. The normalized spacial score (nSPS) is 13.0. The van der Waals surface area contributed by atoms with Crippen molar-refractivity contribution in [1.29, 1.82) is 0 Å². The van der Waals surface area contributed by atoms with Gasteiger partial charge in [-0.05, 0) is 169 Å². The van der Waals surface area contributed by atoms with Crippen LogP contribution in [0.3, 0.4) is 0 Å². The molecule has 3 nitrogen and oxygen atoms in total. The molecule has 0 bridgehead atoms. The van der Waals surface area contributed by atoms with Gasteiger partial charge in [-0.25, -0.2) is 87.8 Å². The number of rotatable bonds is 9. The number of halogens is 20. The first kappa shape index (κ1) is 83.6. The molecule has 2 aliphatic rings. The number of para-hydroxylation sites is 1. The molecule has 0 amide bonds. The van der Waals surface area contributed by atoms with Gasteiger partial charge in [0.2, 0.25) is 23.3 Å². The predicted molar refractivity (Wildman–Crippen MR) is 441 cm³/mol. The van der Waals surface area contributed by atoms with Gasteiger partial charge in [-0.1, -0.05) is 213 Å². The maximum absolute atomic E-state index is 17.4. The van der Waals surface area contributed by atoms with E-state index in [1.807, 2.05) is 145 Å². The summed E-state index contributed by atoms with van der Waals surface area (Å²) in [5.41, 5.74) is -13.1. The molecule has 0 atom stereocenters. The zero-order chi connectivity index (χ0) is 88.3. The molecule has 0 aliphatic carbocycles. The van der Waals surface area contributed by atoms with E-state index in [1.54, 1.807) is 66.7 Å². The molecule has 16 rings (SSSR count). The number of benzene rings is 13. The summed E-state index contributed by atoms with van der Waals surface area (Å²) in [6, 6.07) is 37.6. The summed E-state index contributed by atoms with van der Waals surface area (Å²) < 4.78 is 334. The molecular weight excluding hydrogens is 1610 g/mol. The van der Waals surface area contributed by atoms with E-state index in [9.17, 15) is 0 Å². The molecule has 622 valence electrons. The first-order chi connectivity index (χ1) is 57.0. The van der Waals surface area contributed by atoms with Gasteiger partial charge < -0.3 is 15.2 Å². The zero-order valence-corrected chi connectivity index (χ0v) is 68.0. The number of nitrogens with zero attached hydrogens (tertiary/aromatic N) is 1. The molecule has 0 fully saturated rings. The van der Waals surface area contributed by atoms with E-state index in [1.165, 1.54) is 12.1 Å². The number of nitrogens with one attached hydrogen (secondary N) is 2. The van der Waals surface area contributed by atoms with Crippen molar-refractivity contribution in [3.05, 3.63) is 296 Å². The molecule has 122 heavy (non-hydrogen) atoms. The number of aromatic nitrogens is 1. The Bertz CT molecular complexity index is 6230. The van der Waals surface area contributed by atoms with Gasteiger partial charge in [-0.2, -0.15) is 0 Å². The second-order valence-corrected chi connectivity index (χ2v) is 36.3. The van der Waals surface area contributed by atoms with Crippen molar-refractivity contribution in [2.45, 2.75) is 131 Å². The molecule has 13 aromatic carbocycles. The minimum absolute atomic E-state index is 0.0104. The van der Waals surface area contributed by atoms with Crippen molar-refractivity contribution in [3.8, 4) is 94.7 Å². The van der Waals surface area contributed by atoms with Crippen molar-refractivity contribution in [2.75, 3.05) is 10.6 Å². The largest absolute Gasteiger partial charge is 0.356 e. The molecular formula is C98H72BF20N3. The van der Waals surface area contributed by atoms with Gasteiger partial charge in [0, 0.05) is 44.6 Å². The van der Waals surface area contributed by atoms with Crippen molar-refractivity contribution in [1.82, 2.24) is 4.57 Å². The Morgan fingerprint density at radius 3 is 0.820 bits per heavy atom. The highest BCUT2D eigenvalue weighted by molar-refractivity contribution is 7.00. The first-order valence-electron chi connectivity index (χ1n) is 38.8. The van der Waals surface area contributed by atoms with Crippen LogP contribution >= 0.6 is 0 Å². The predicted octanol–water partition coefficient (Wildman–Crippen LogP) is 28.0. The first-order valence-corrected chi connectivity index (χ1v) is 38.8. The van der Waals surface area contributed by atoms with E-state index in [2.05, 4.69) is 10.6 Å². The lowest BCUT2D eigenvalue weighted by molar-refractivity contribution is 0.381. The highest BCUT2D eigenvalue weighted by atomic mass is 19.2. The number of fused-ring (bicyclic) bond motifs is 7. The third kappa shape index (κ3) is 13.2. The molecule has 14 aromatic rings. The van der Waals surface area contributed by atoms with Crippen LogP contribution in [0.5, 0.6) is 0 Å². The highest BCUT2D eigenvalue weighted by Gasteiger charge is 2.45. The number of anilines is 4. The second-order valence-electron chi connectivity index (χ2n) is 36.3. The topological polar surface area (TPSA) is 29.0 Å². The van der Waals surface area contributed by atoms with Crippen LogP contribution in [0.4, 0.5) is 111 Å². The summed E-state index contributed by atoms with van der Waals surface area (Å²) in [4.78, 5) is 0. The fourth-order valence-corrected chi connectivity index (χ4v) is 16.7. The van der Waals surface area contributed by atoms with Gasteiger partial charge in [0.25, 0.3) is 6.71 Å². The third-order valence-electron chi connectivity index (χ3n) is 23.3. The van der Waals surface area contributed by atoms with Gasteiger partial charge in [-0.3, -0.25) is 0 Å². The molecule has 3 heterocycles. The van der Waals surface area contributed by atoms with E-state index < -0.39 is 217 Å². The van der Waals surface area contributed by atoms with Crippen LogP contribution in [0.1, 0.15) is 132 Å². The van der Waals surface area contributed by atoms with Crippen molar-refractivity contribution >= 4 is 67.7 Å². The van der Waals surface area contributed by atoms with Gasteiger partial charge >= 0.3 is 0 Å². The average molecular weight is 1680 g/mol. The summed E-state index contributed by atoms with van der Waals surface area (Å²) in [7, 11) is 0. The van der Waals surface area contributed by atoms with Crippen molar-refractivity contribution in [3.63, 3.8) is 0 Å². The van der Waals surface area contributed by atoms with Gasteiger partial charge in [0.05, 0.1) is 39.0 Å². The Kier molecular flexibility index (Phi) is 19.7. The Morgan fingerprint density at radius 1 is 0.238 bits per heavy atom. The summed E-state index contributed by atoms with van der Waals surface area (Å²) >= 11 is 0. The quantitative estimate of drug-likeness (QED) is 0.0653. The van der Waals surface area contributed by atoms with E-state index >= 15 is 87.8 Å². The molecule has 24 heteroatoms. The molecule has 0 unspecified atom stereocenters. The van der Waals surface area contributed by atoms with Crippen molar-refractivity contribution in [2.24, 2.45) is 0 Å². The molecule has 2 N–H and O–H groups in total. The van der Waals surface area contributed by atoms with Crippen LogP contribution in [0.15, 0.2) is 152 Å². The van der Waals surface area contributed by atoms with Crippen molar-refractivity contribution < 1.29 is 87.8 Å². The number of hydrogen-bond acceptors (Lipinski definition) is 2. The van der Waals surface area contributed by atoms with Gasteiger partial charge in [0.15, 0.2) is 93.1 Å². The molecule has 2 aliphatic heterocycles.